The van der Waals surface area contributed by atoms with E-state index in [1.54, 1.807) is 7.11 Å². The lowest BCUT2D eigenvalue weighted by Gasteiger charge is -2.11. The van der Waals surface area contributed by atoms with Crippen LogP contribution in [0.15, 0.2) is 18.2 Å². The molecule has 0 unspecified atom stereocenters. The number of ether oxygens (including phenoxy) is 1. The fourth-order valence-corrected chi connectivity index (χ4v) is 1.90. The van der Waals surface area contributed by atoms with Gasteiger partial charge in [-0.1, -0.05) is 31.5 Å². The van der Waals surface area contributed by atoms with E-state index in [1.165, 1.54) is 24.0 Å². The van der Waals surface area contributed by atoms with E-state index in [9.17, 15) is 0 Å². The van der Waals surface area contributed by atoms with E-state index in [0.717, 1.165) is 24.8 Å². The van der Waals surface area contributed by atoms with Gasteiger partial charge in [0.1, 0.15) is 5.75 Å². The quantitative estimate of drug-likeness (QED) is 0.730. The van der Waals surface area contributed by atoms with E-state index in [0.29, 0.717) is 0 Å². The molecule has 0 saturated heterocycles. The molecule has 17 heavy (non-hydrogen) atoms. The Bertz CT molecular complexity index is 334. The summed E-state index contributed by atoms with van der Waals surface area (Å²) in [6, 6.07) is 6.32. The van der Waals surface area contributed by atoms with Crippen LogP contribution in [0.2, 0.25) is 0 Å². The lowest BCUT2D eigenvalue weighted by atomic mass is 10.1. The highest BCUT2D eigenvalue weighted by atomic mass is 16.5. The molecule has 2 heteroatoms. The molecule has 0 heterocycles. The summed E-state index contributed by atoms with van der Waals surface area (Å²) in [6.07, 6.45) is 2.53. The molecule has 0 aliphatic rings. The summed E-state index contributed by atoms with van der Waals surface area (Å²) in [5, 5.41) is 3.48. The van der Waals surface area contributed by atoms with Gasteiger partial charge < -0.3 is 10.1 Å². The van der Waals surface area contributed by atoms with Gasteiger partial charge in [-0.25, -0.2) is 0 Å². The SMILES string of the molecule is COc1ccc(C)cc1CNCCCC(C)C. The minimum absolute atomic E-state index is 0.797. The van der Waals surface area contributed by atoms with E-state index in [2.05, 4.69) is 38.2 Å². The first-order valence-electron chi connectivity index (χ1n) is 6.47. The molecule has 2 nitrogen and oxygen atoms in total. The highest BCUT2D eigenvalue weighted by Crippen LogP contribution is 2.19. The maximum Gasteiger partial charge on any atom is 0.123 e. The molecular formula is C15H25NO. The van der Waals surface area contributed by atoms with Gasteiger partial charge in [0.05, 0.1) is 7.11 Å². The fourth-order valence-electron chi connectivity index (χ4n) is 1.90. The maximum atomic E-state index is 5.36. The van der Waals surface area contributed by atoms with Crippen molar-refractivity contribution >= 4 is 0 Å². The number of aryl methyl sites for hydroxylation is 1. The van der Waals surface area contributed by atoms with Gasteiger partial charge in [0.25, 0.3) is 0 Å². The first-order chi connectivity index (χ1) is 8.13. The van der Waals surface area contributed by atoms with Crippen LogP contribution < -0.4 is 10.1 Å². The highest BCUT2D eigenvalue weighted by Gasteiger charge is 2.02. The lowest BCUT2D eigenvalue weighted by Crippen LogP contribution is -2.15. The van der Waals surface area contributed by atoms with E-state index in [1.807, 2.05) is 6.07 Å². The first kappa shape index (κ1) is 14.0. The summed E-state index contributed by atoms with van der Waals surface area (Å²) < 4.78 is 5.36. The second-order valence-electron chi connectivity index (χ2n) is 5.03. The second-order valence-corrected chi connectivity index (χ2v) is 5.03. The molecular weight excluding hydrogens is 210 g/mol. The van der Waals surface area contributed by atoms with E-state index in [-0.39, 0.29) is 0 Å². The van der Waals surface area contributed by atoms with Crippen LogP contribution in [0, 0.1) is 12.8 Å². The molecule has 1 aromatic carbocycles. The summed E-state index contributed by atoms with van der Waals surface area (Å²) in [4.78, 5) is 0. The number of hydrogen-bond acceptors (Lipinski definition) is 2. The van der Waals surface area contributed by atoms with Crippen molar-refractivity contribution in [3.63, 3.8) is 0 Å². The van der Waals surface area contributed by atoms with Crippen LogP contribution in [-0.2, 0) is 6.54 Å². The summed E-state index contributed by atoms with van der Waals surface area (Å²) in [6.45, 7) is 8.62. The van der Waals surface area contributed by atoms with Crippen LogP contribution in [0.5, 0.6) is 5.75 Å². The van der Waals surface area contributed by atoms with Crippen molar-refractivity contribution in [3.8, 4) is 5.75 Å². The Morgan fingerprint density at radius 3 is 2.71 bits per heavy atom. The third kappa shape index (κ3) is 5.22. The predicted molar refractivity (Wildman–Crippen MR) is 73.5 cm³/mol. The van der Waals surface area contributed by atoms with Crippen LogP contribution in [0.4, 0.5) is 0 Å². The zero-order valence-corrected chi connectivity index (χ0v) is 11.5. The Labute approximate surface area is 105 Å². The van der Waals surface area contributed by atoms with Gasteiger partial charge in [0.15, 0.2) is 0 Å². The van der Waals surface area contributed by atoms with Crippen LogP contribution >= 0.6 is 0 Å². The Hall–Kier alpha value is -1.02. The van der Waals surface area contributed by atoms with Crippen LogP contribution in [0.3, 0.4) is 0 Å². The summed E-state index contributed by atoms with van der Waals surface area (Å²) in [7, 11) is 1.73. The second kappa shape index (κ2) is 7.33. The molecule has 0 aliphatic carbocycles. The molecule has 0 radical (unpaired) electrons. The average Bonchev–Trinajstić information content (AvgIpc) is 2.28. The minimum Gasteiger partial charge on any atom is -0.496 e. The zero-order valence-electron chi connectivity index (χ0n) is 11.5. The Morgan fingerprint density at radius 2 is 2.06 bits per heavy atom. The molecule has 0 atom stereocenters. The number of rotatable bonds is 7. The lowest BCUT2D eigenvalue weighted by molar-refractivity contribution is 0.407. The number of nitrogens with one attached hydrogen (secondary N) is 1. The van der Waals surface area contributed by atoms with E-state index < -0.39 is 0 Å². The summed E-state index contributed by atoms with van der Waals surface area (Å²) in [5.74, 6) is 1.78. The van der Waals surface area contributed by atoms with Gasteiger partial charge in [-0.05, 0) is 38.3 Å². The standard InChI is InChI=1S/C15H25NO/c1-12(2)6-5-9-16-11-14-10-13(3)7-8-15(14)17-4/h7-8,10,12,16H,5-6,9,11H2,1-4H3. The van der Waals surface area contributed by atoms with Gasteiger partial charge in [-0.2, -0.15) is 0 Å². The molecule has 1 N–H and O–H groups in total. The van der Waals surface area contributed by atoms with Crippen molar-refractivity contribution < 1.29 is 4.74 Å². The van der Waals surface area contributed by atoms with E-state index >= 15 is 0 Å². The van der Waals surface area contributed by atoms with Gasteiger partial charge in [0, 0.05) is 12.1 Å². The van der Waals surface area contributed by atoms with Gasteiger partial charge >= 0.3 is 0 Å². The Morgan fingerprint density at radius 1 is 1.29 bits per heavy atom. The van der Waals surface area contributed by atoms with Crippen molar-refractivity contribution in [2.24, 2.45) is 5.92 Å². The van der Waals surface area contributed by atoms with Crippen LogP contribution in [0.25, 0.3) is 0 Å². The van der Waals surface area contributed by atoms with Crippen LogP contribution in [-0.4, -0.2) is 13.7 Å². The third-order valence-corrected chi connectivity index (χ3v) is 2.89. The van der Waals surface area contributed by atoms with Gasteiger partial charge in [-0.3, -0.25) is 0 Å². The molecule has 1 aromatic rings. The number of benzene rings is 1. The van der Waals surface area contributed by atoms with Gasteiger partial charge in [-0.15, -0.1) is 0 Å². The monoisotopic (exact) mass is 235 g/mol. The smallest absolute Gasteiger partial charge is 0.123 e. The Balaban J connectivity index is 2.37. The Kier molecular flexibility index (Phi) is 6.06. The summed E-state index contributed by atoms with van der Waals surface area (Å²) >= 11 is 0. The predicted octanol–water partition coefficient (Wildman–Crippen LogP) is 3.53. The van der Waals surface area contributed by atoms with Crippen molar-refractivity contribution in [1.82, 2.24) is 5.32 Å². The van der Waals surface area contributed by atoms with Crippen molar-refractivity contribution in [1.29, 1.82) is 0 Å². The maximum absolute atomic E-state index is 5.36. The van der Waals surface area contributed by atoms with Crippen LogP contribution in [0.1, 0.15) is 37.8 Å². The summed E-state index contributed by atoms with van der Waals surface area (Å²) in [5.41, 5.74) is 2.53. The highest BCUT2D eigenvalue weighted by molar-refractivity contribution is 5.36. The van der Waals surface area contributed by atoms with Crippen molar-refractivity contribution in [2.45, 2.75) is 40.2 Å². The van der Waals surface area contributed by atoms with Crippen molar-refractivity contribution in [2.75, 3.05) is 13.7 Å². The third-order valence-electron chi connectivity index (χ3n) is 2.89. The molecule has 0 aliphatic heterocycles. The topological polar surface area (TPSA) is 21.3 Å². The molecule has 96 valence electrons. The number of hydrogen-bond donors (Lipinski definition) is 1. The average molecular weight is 235 g/mol. The molecule has 0 spiro atoms. The molecule has 0 fully saturated rings. The first-order valence-corrected chi connectivity index (χ1v) is 6.47. The number of methoxy groups -OCH3 is 1. The normalized spacial score (nSPS) is 10.9. The van der Waals surface area contributed by atoms with E-state index in [4.69, 9.17) is 4.74 Å². The zero-order chi connectivity index (χ0) is 12.7. The molecule has 0 saturated carbocycles. The molecule has 0 bridgehead atoms. The minimum atomic E-state index is 0.797. The van der Waals surface area contributed by atoms with Crippen molar-refractivity contribution in [3.05, 3.63) is 29.3 Å². The molecule has 0 amide bonds. The molecule has 0 aromatic heterocycles. The largest absolute Gasteiger partial charge is 0.496 e. The molecule has 1 rings (SSSR count). The fraction of sp³-hybridized carbons (Fsp3) is 0.600. The van der Waals surface area contributed by atoms with Gasteiger partial charge in [0.2, 0.25) is 0 Å².